The lowest BCUT2D eigenvalue weighted by atomic mass is 9.88. The van der Waals surface area contributed by atoms with Crippen LogP contribution < -0.4 is 5.32 Å². The second-order valence-electron chi connectivity index (χ2n) is 7.51. The van der Waals surface area contributed by atoms with E-state index in [9.17, 15) is 4.79 Å². The highest BCUT2D eigenvalue weighted by Gasteiger charge is 2.38. The number of nitrogens with zero attached hydrogens (tertiary/aromatic N) is 1. The van der Waals surface area contributed by atoms with Crippen molar-refractivity contribution in [2.45, 2.75) is 19.0 Å². The van der Waals surface area contributed by atoms with Crippen molar-refractivity contribution in [1.29, 1.82) is 0 Å². The van der Waals surface area contributed by atoms with Crippen LogP contribution in [0.25, 0.3) is 0 Å². The minimum Gasteiger partial charge on any atom is -0.352 e. The smallest absolute Gasteiger partial charge is 0.225 e. The summed E-state index contributed by atoms with van der Waals surface area (Å²) in [5, 5.41) is 3.16. The lowest BCUT2D eigenvalue weighted by Crippen LogP contribution is -2.34. The molecule has 1 saturated heterocycles. The Balaban J connectivity index is 1.48. The highest BCUT2D eigenvalue weighted by atomic mass is 16.1. The Morgan fingerprint density at radius 3 is 2.00 bits per heavy atom. The number of hydrogen-bond acceptors (Lipinski definition) is 2. The third kappa shape index (κ3) is 4.49. The molecule has 1 fully saturated rings. The molecule has 1 heterocycles. The molecule has 0 radical (unpaired) electrons. The maximum atomic E-state index is 13.1. The summed E-state index contributed by atoms with van der Waals surface area (Å²) in [6.45, 7) is 3.15. The summed E-state index contributed by atoms with van der Waals surface area (Å²) < 4.78 is 0. The maximum absolute atomic E-state index is 13.1. The summed E-state index contributed by atoms with van der Waals surface area (Å²) in [6.07, 6.45) is 0. The van der Waals surface area contributed by atoms with Crippen LogP contribution in [0.5, 0.6) is 0 Å². The van der Waals surface area contributed by atoms with Gasteiger partial charge in [0.1, 0.15) is 0 Å². The number of carbonyl (C=O) groups is 1. The van der Waals surface area contributed by atoms with Gasteiger partial charge in [0.15, 0.2) is 0 Å². The minimum atomic E-state index is -0.0326. The molecule has 2 atom stereocenters. The van der Waals surface area contributed by atoms with Crippen molar-refractivity contribution in [3.8, 4) is 0 Å². The molecule has 142 valence electrons. The molecule has 28 heavy (non-hydrogen) atoms. The van der Waals surface area contributed by atoms with E-state index in [2.05, 4.69) is 58.7 Å². The first-order chi connectivity index (χ1) is 13.8. The molecule has 1 N–H and O–H groups in total. The Kier molecular flexibility index (Phi) is 5.83. The molecule has 0 aromatic heterocycles. The number of hydrogen-bond donors (Lipinski definition) is 1. The molecule has 0 spiro atoms. The van der Waals surface area contributed by atoms with Gasteiger partial charge in [0.25, 0.3) is 0 Å². The van der Waals surface area contributed by atoms with Gasteiger partial charge in [-0.1, -0.05) is 91.0 Å². The Bertz CT molecular complexity index is 880. The first-order valence-corrected chi connectivity index (χ1v) is 9.92. The van der Waals surface area contributed by atoms with Crippen LogP contribution in [0.2, 0.25) is 0 Å². The highest BCUT2D eigenvalue weighted by molar-refractivity contribution is 5.80. The number of likely N-dealkylation sites (tertiary alicyclic amines) is 1. The zero-order valence-electron chi connectivity index (χ0n) is 16.0. The highest BCUT2D eigenvalue weighted by Crippen LogP contribution is 2.33. The molecule has 3 aromatic rings. The monoisotopic (exact) mass is 370 g/mol. The number of carbonyl (C=O) groups excluding carboxylic acids is 1. The van der Waals surface area contributed by atoms with Crippen LogP contribution in [0.3, 0.4) is 0 Å². The van der Waals surface area contributed by atoms with Gasteiger partial charge in [-0.05, 0) is 16.7 Å². The van der Waals surface area contributed by atoms with E-state index in [1.54, 1.807) is 0 Å². The molecule has 1 amide bonds. The average molecular weight is 370 g/mol. The standard InChI is InChI=1S/C25H26N2O/c28-25(26-16-20-10-4-1-5-11-20)24-19-27(17-21-12-6-2-7-13-21)18-23(24)22-14-8-3-9-15-22/h1-15,23-24H,16-19H2,(H,26,28)/t23-,24+/m0/s1. The topological polar surface area (TPSA) is 32.3 Å². The first kappa shape index (κ1) is 18.5. The van der Waals surface area contributed by atoms with E-state index >= 15 is 0 Å². The molecule has 3 aromatic carbocycles. The number of benzene rings is 3. The molecule has 0 saturated carbocycles. The molecule has 0 aliphatic carbocycles. The van der Waals surface area contributed by atoms with E-state index in [1.807, 2.05) is 42.5 Å². The summed E-state index contributed by atoms with van der Waals surface area (Å²) in [4.78, 5) is 15.5. The molecule has 3 nitrogen and oxygen atoms in total. The van der Waals surface area contributed by atoms with Gasteiger partial charge in [-0.15, -0.1) is 0 Å². The van der Waals surface area contributed by atoms with Crippen LogP contribution in [0, 0.1) is 5.92 Å². The van der Waals surface area contributed by atoms with Crippen molar-refractivity contribution in [2.75, 3.05) is 13.1 Å². The van der Waals surface area contributed by atoms with Gasteiger partial charge in [-0.3, -0.25) is 9.69 Å². The Labute approximate surface area is 167 Å². The zero-order valence-corrected chi connectivity index (χ0v) is 16.0. The second kappa shape index (κ2) is 8.85. The summed E-state index contributed by atoms with van der Waals surface area (Å²) >= 11 is 0. The fourth-order valence-corrected chi connectivity index (χ4v) is 4.08. The second-order valence-corrected chi connectivity index (χ2v) is 7.51. The minimum absolute atomic E-state index is 0.0326. The van der Waals surface area contributed by atoms with Gasteiger partial charge >= 0.3 is 0 Å². The van der Waals surface area contributed by atoms with Crippen molar-refractivity contribution in [3.63, 3.8) is 0 Å². The molecule has 0 bridgehead atoms. The normalized spacial score (nSPS) is 19.4. The predicted molar refractivity (Wildman–Crippen MR) is 113 cm³/mol. The van der Waals surface area contributed by atoms with Crippen molar-refractivity contribution >= 4 is 5.91 Å². The van der Waals surface area contributed by atoms with Crippen LogP contribution in [0.1, 0.15) is 22.6 Å². The predicted octanol–water partition coefficient (Wildman–Crippen LogP) is 4.22. The van der Waals surface area contributed by atoms with Gasteiger partial charge in [-0.2, -0.15) is 0 Å². The van der Waals surface area contributed by atoms with Crippen molar-refractivity contribution in [1.82, 2.24) is 10.2 Å². The van der Waals surface area contributed by atoms with E-state index in [0.29, 0.717) is 6.54 Å². The number of amides is 1. The largest absolute Gasteiger partial charge is 0.352 e. The first-order valence-electron chi connectivity index (χ1n) is 9.92. The Hall–Kier alpha value is -2.91. The maximum Gasteiger partial charge on any atom is 0.225 e. The number of rotatable bonds is 6. The van der Waals surface area contributed by atoms with Crippen molar-refractivity contribution in [2.24, 2.45) is 5.92 Å². The zero-order chi connectivity index (χ0) is 19.2. The van der Waals surface area contributed by atoms with Gasteiger partial charge in [0.05, 0.1) is 5.92 Å². The van der Waals surface area contributed by atoms with Crippen molar-refractivity contribution in [3.05, 3.63) is 108 Å². The average Bonchev–Trinajstić information content (AvgIpc) is 3.18. The Morgan fingerprint density at radius 1 is 0.786 bits per heavy atom. The third-order valence-corrected chi connectivity index (χ3v) is 5.52. The lowest BCUT2D eigenvalue weighted by molar-refractivity contribution is -0.125. The van der Waals surface area contributed by atoms with Crippen LogP contribution in [-0.4, -0.2) is 23.9 Å². The van der Waals surface area contributed by atoms with Crippen LogP contribution in [0.4, 0.5) is 0 Å². The van der Waals surface area contributed by atoms with E-state index in [4.69, 9.17) is 0 Å². The van der Waals surface area contributed by atoms with Gasteiger partial charge in [0, 0.05) is 32.1 Å². The summed E-state index contributed by atoms with van der Waals surface area (Å²) in [7, 11) is 0. The summed E-state index contributed by atoms with van der Waals surface area (Å²) in [6, 6.07) is 31.0. The van der Waals surface area contributed by atoms with Crippen molar-refractivity contribution < 1.29 is 4.79 Å². The molecule has 0 unspecified atom stereocenters. The fourth-order valence-electron chi connectivity index (χ4n) is 4.08. The lowest BCUT2D eigenvalue weighted by Gasteiger charge is -2.18. The van der Waals surface area contributed by atoms with E-state index < -0.39 is 0 Å². The van der Waals surface area contributed by atoms with Gasteiger partial charge in [0.2, 0.25) is 5.91 Å². The molecule has 1 aliphatic heterocycles. The van der Waals surface area contributed by atoms with Crippen LogP contribution in [0.15, 0.2) is 91.0 Å². The fraction of sp³-hybridized carbons (Fsp3) is 0.240. The van der Waals surface area contributed by atoms with E-state index in [-0.39, 0.29) is 17.7 Å². The van der Waals surface area contributed by atoms with Gasteiger partial charge in [-0.25, -0.2) is 0 Å². The summed E-state index contributed by atoms with van der Waals surface area (Å²) in [5.41, 5.74) is 3.67. The molecule has 4 rings (SSSR count). The number of nitrogens with one attached hydrogen (secondary N) is 1. The van der Waals surface area contributed by atoms with E-state index in [0.717, 1.165) is 25.2 Å². The quantitative estimate of drug-likeness (QED) is 0.705. The molecular formula is C25H26N2O. The van der Waals surface area contributed by atoms with Crippen LogP contribution >= 0.6 is 0 Å². The molecule has 1 aliphatic rings. The van der Waals surface area contributed by atoms with Crippen LogP contribution in [-0.2, 0) is 17.9 Å². The summed E-state index contributed by atoms with van der Waals surface area (Å²) in [5.74, 6) is 0.337. The molecular weight excluding hydrogens is 344 g/mol. The van der Waals surface area contributed by atoms with E-state index in [1.165, 1.54) is 11.1 Å². The molecule has 3 heteroatoms. The third-order valence-electron chi connectivity index (χ3n) is 5.52. The Morgan fingerprint density at radius 2 is 1.36 bits per heavy atom. The van der Waals surface area contributed by atoms with Gasteiger partial charge < -0.3 is 5.32 Å². The SMILES string of the molecule is O=C(NCc1ccccc1)[C@@H]1CN(Cc2ccccc2)C[C@H]1c1ccccc1.